The summed E-state index contributed by atoms with van der Waals surface area (Å²) in [6.07, 6.45) is -3.55. The average molecular weight is 425 g/mol. The number of hydrogen-bond acceptors (Lipinski definition) is 9. The lowest BCUT2D eigenvalue weighted by molar-refractivity contribution is -0.384. The van der Waals surface area contributed by atoms with Crippen molar-refractivity contribution in [3.63, 3.8) is 0 Å². The van der Waals surface area contributed by atoms with Crippen LogP contribution >= 0.6 is 0 Å². The molecule has 10 nitrogen and oxygen atoms in total. The number of aliphatic hydroxyl groups excluding tert-OH is 1. The van der Waals surface area contributed by atoms with E-state index in [0.717, 1.165) is 24.3 Å². The van der Waals surface area contributed by atoms with Gasteiger partial charge in [-0.3, -0.25) is 10.1 Å². The molecule has 0 bridgehead atoms. The van der Waals surface area contributed by atoms with Crippen molar-refractivity contribution in [1.29, 1.82) is 0 Å². The van der Waals surface area contributed by atoms with Gasteiger partial charge in [-0.15, -0.1) is 0 Å². The molecule has 0 aromatic heterocycles. The standard InChI is InChI=1S/C18H19NO9S/c1-3-27-18(21)17(16(20)12-4-8-14(26-2)9-5-12)28-29(24,25)15-10-6-13(7-11-15)19(22)23/h4-11,16-17,20H,3H2,1-2H3/t16-,17+/m0/s1. The zero-order chi connectivity index (χ0) is 21.6. The van der Waals surface area contributed by atoms with E-state index in [9.17, 15) is 28.4 Å². The van der Waals surface area contributed by atoms with E-state index in [1.165, 1.54) is 38.3 Å². The van der Waals surface area contributed by atoms with Gasteiger partial charge in [0.2, 0.25) is 6.10 Å². The summed E-state index contributed by atoms with van der Waals surface area (Å²) >= 11 is 0. The summed E-state index contributed by atoms with van der Waals surface area (Å²) in [5, 5.41) is 21.3. The molecule has 2 aromatic carbocycles. The number of rotatable bonds is 9. The zero-order valence-electron chi connectivity index (χ0n) is 15.5. The first-order chi connectivity index (χ1) is 13.7. The fraction of sp³-hybridized carbons (Fsp3) is 0.278. The molecule has 0 aliphatic carbocycles. The third-order valence-electron chi connectivity index (χ3n) is 3.83. The third-order valence-corrected chi connectivity index (χ3v) is 5.14. The molecule has 11 heteroatoms. The molecule has 0 amide bonds. The number of nitrogens with zero attached hydrogens (tertiary/aromatic N) is 1. The van der Waals surface area contributed by atoms with Gasteiger partial charge in [0, 0.05) is 12.1 Å². The Morgan fingerprint density at radius 1 is 1.14 bits per heavy atom. The molecule has 1 N–H and O–H groups in total. The number of benzene rings is 2. The first-order valence-electron chi connectivity index (χ1n) is 8.36. The van der Waals surface area contributed by atoms with Crippen LogP contribution in [0.3, 0.4) is 0 Å². The number of carbonyl (C=O) groups excluding carboxylic acids is 1. The predicted molar refractivity (Wildman–Crippen MR) is 99.7 cm³/mol. The van der Waals surface area contributed by atoms with E-state index < -0.39 is 38.1 Å². The van der Waals surface area contributed by atoms with E-state index in [1.54, 1.807) is 0 Å². The largest absolute Gasteiger partial charge is 0.497 e. The van der Waals surface area contributed by atoms with Gasteiger partial charge in [-0.1, -0.05) is 12.1 Å². The number of carbonyl (C=O) groups is 1. The SMILES string of the molecule is CCOC(=O)[C@H](OS(=O)(=O)c1ccc([N+](=O)[O-])cc1)[C@@H](O)c1ccc(OC)cc1. The van der Waals surface area contributed by atoms with Crippen molar-refractivity contribution in [2.24, 2.45) is 0 Å². The first-order valence-corrected chi connectivity index (χ1v) is 9.76. The Labute approximate surface area is 166 Å². The highest BCUT2D eigenvalue weighted by Crippen LogP contribution is 2.27. The molecule has 2 aromatic rings. The molecular formula is C18H19NO9S. The number of methoxy groups -OCH3 is 1. The van der Waals surface area contributed by atoms with Gasteiger partial charge in [0.05, 0.1) is 23.5 Å². The quantitative estimate of drug-likeness (QED) is 0.276. The number of nitro groups is 1. The summed E-state index contributed by atoms with van der Waals surface area (Å²) in [6, 6.07) is 9.82. The normalized spacial score (nSPS) is 13.3. The Hall–Kier alpha value is -3.02. The maximum absolute atomic E-state index is 12.5. The summed E-state index contributed by atoms with van der Waals surface area (Å²) in [7, 11) is -3.09. The molecule has 0 aliphatic rings. The molecule has 0 unspecified atom stereocenters. The molecule has 2 atom stereocenters. The van der Waals surface area contributed by atoms with Crippen molar-refractivity contribution in [3.05, 3.63) is 64.2 Å². The van der Waals surface area contributed by atoms with Gasteiger partial charge < -0.3 is 14.6 Å². The maximum atomic E-state index is 12.5. The minimum absolute atomic E-state index is 0.0639. The molecule has 0 saturated carbocycles. The van der Waals surface area contributed by atoms with Crippen LogP contribution in [-0.2, 0) is 23.8 Å². The zero-order valence-corrected chi connectivity index (χ0v) is 16.4. The number of nitro benzene ring substituents is 1. The molecular weight excluding hydrogens is 406 g/mol. The summed E-state index contributed by atoms with van der Waals surface area (Å²) in [5.74, 6) is -0.589. The van der Waals surface area contributed by atoms with Crippen LogP contribution in [0.25, 0.3) is 0 Å². The minimum atomic E-state index is -4.54. The van der Waals surface area contributed by atoms with Crippen molar-refractivity contribution in [1.82, 2.24) is 0 Å². The van der Waals surface area contributed by atoms with Crippen LogP contribution in [0, 0.1) is 10.1 Å². The van der Waals surface area contributed by atoms with Gasteiger partial charge in [0.15, 0.2) is 0 Å². The van der Waals surface area contributed by atoms with Crippen LogP contribution in [0.5, 0.6) is 5.75 Å². The Kier molecular flexibility index (Phi) is 7.26. The Bertz CT molecular complexity index is 956. The minimum Gasteiger partial charge on any atom is -0.497 e. The van der Waals surface area contributed by atoms with Crippen LogP contribution in [0.1, 0.15) is 18.6 Å². The lowest BCUT2D eigenvalue weighted by atomic mass is 10.0. The van der Waals surface area contributed by atoms with Gasteiger partial charge in [-0.05, 0) is 36.8 Å². The monoisotopic (exact) mass is 425 g/mol. The van der Waals surface area contributed by atoms with Crippen molar-refractivity contribution in [3.8, 4) is 5.75 Å². The highest BCUT2D eigenvalue weighted by molar-refractivity contribution is 7.86. The second kappa shape index (κ2) is 9.45. The van der Waals surface area contributed by atoms with Crippen molar-refractivity contribution in [2.45, 2.75) is 24.0 Å². The van der Waals surface area contributed by atoms with E-state index >= 15 is 0 Å². The average Bonchev–Trinajstić information content (AvgIpc) is 2.71. The summed E-state index contributed by atoms with van der Waals surface area (Å²) in [4.78, 5) is 21.9. The Morgan fingerprint density at radius 3 is 2.21 bits per heavy atom. The van der Waals surface area contributed by atoms with Gasteiger partial charge in [0.1, 0.15) is 11.9 Å². The number of hydrogen-bond donors (Lipinski definition) is 1. The van der Waals surface area contributed by atoms with E-state index in [2.05, 4.69) is 0 Å². The van der Waals surface area contributed by atoms with Crippen LogP contribution in [0.15, 0.2) is 53.4 Å². The van der Waals surface area contributed by atoms with Crippen molar-refractivity contribution in [2.75, 3.05) is 13.7 Å². The lowest BCUT2D eigenvalue weighted by Gasteiger charge is -2.21. The Balaban J connectivity index is 2.33. The van der Waals surface area contributed by atoms with E-state index in [4.69, 9.17) is 13.7 Å². The number of ether oxygens (including phenoxy) is 2. The fourth-order valence-corrected chi connectivity index (χ4v) is 3.38. The van der Waals surface area contributed by atoms with E-state index in [1.807, 2.05) is 0 Å². The van der Waals surface area contributed by atoms with Crippen LogP contribution in [0.2, 0.25) is 0 Å². The molecule has 0 heterocycles. The molecule has 29 heavy (non-hydrogen) atoms. The van der Waals surface area contributed by atoms with Crippen LogP contribution < -0.4 is 4.74 Å². The Morgan fingerprint density at radius 2 is 1.72 bits per heavy atom. The van der Waals surface area contributed by atoms with Crippen LogP contribution in [0.4, 0.5) is 5.69 Å². The molecule has 0 spiro atoms. The predicted octanol–water partition coefficient (Wildman–Crippen LogP) is 1.97. The highest BCUT2D eigenvalue weighted by atomic mass is 32.2. The van der Waals surface area contributed by atoms with Gasteiger partial charge in [-0.25, -0.2) is 8.98 Å². The smallest absolute Gasteiger partial charge is 0.339 e. The summed E-state index contributed by atoms with van der Waals surface area (Å²) in [5.41, 5.74) is -0.119. The number of aliphatic hydroxyl groups is 1. The summed E-state index contributed by atoms with van der Waals surface area (Å²) < 4.78 is 39.9. The molecule has 0 aliphatic heterocycles. The lowest BCUT2D eigenvalue weighted by Crippen LogP contribution is -2.35. The molecule has 156 valence electrons. The van der Waals surface area contributed by atoms with Crippen molar-refractivity contribution >= 4 is 21.8 Å². The summed E-state index contributed by atoms with van der Waals surface area (Å²) in [6.45, 7) is 1.45. The van der Waals surface area contributed by atoms with E-state index in [0.29, 0.717) is 5.75 Å². The second-order valence-corrected chi connectivity index (χ2v) is 7.26. The van der Waals surface area contributed by atoms with Crippen molar-refractivity contribution < 1.29 is 36.9 Å². The number of non-ortho nitro benzene ring substituents is 1. The highest BCUT2D eigenvalue weighted by Gasteiger charge is 2.36. The molecule has 2 rings (SSSR count). The van der Waals surface area contributed by atoms with Gasteiger partial charge in [-0.2, -0.15) is 8.42 Å². The second-order valence-electron chi connectivity index (χ2n) is 5.69. The topological polar surface area (TPSA) is 142 Å². The molecule has 0 radical (unpaired) electrons. The van der Waals surface area contributed by atoms with Gasteiger partial charge >= 0.3 is 5.97 Å². The third kappa shape index (κ3) is 5.50. The number of esters is 1. The van der Waals surface area contributed by atoms with E-state index in [-0.39, 0.29) is 17.9 Å². The first kappa shape index (κ1) is 22.3. The van der Waals surface area contributed by atoms with Crippen LogP contribution in [-0.4, -0.2) is 44.2 Å². The van der Waals surface area contributed by atoms with Gasteiger partial charge in [0.25, 0.3) is 15.8 Å². The fourth-order valence-electron chi connectivity index (χ4n) is 2.35. The molecule has 0 saturated heterocycles. The molecule has 0 fully saturated rings. The maximum Gasteiger partial charge on any atom is 0.339 e.